The molecule has 0 fully saturated rings. The summed E-state index contributed by atoms with van der Waals surface area (Å²) in [7, 11) is 1.72. The lowest BCUT2D eigenvalue weighted by Crippen LogP contribution is -2.29. The van der Waals surface area contributed by atoms with Gasteiger partial charge in [-0.15, -0.1) is 11.8 Å². The molecule has 2 heterocycles. The molecule has 3 rings (SSSR count). The number of hydrogen-bond acceptors (Lipinski definition) is 3. The molecule has 3 nitrogen and oxygen atoms in total. The molecule has 2 aliphatic heterocycles. The third kappa shape index (κ3) is 1.21. The Labute approximate surface area is 92.2 Å². The lowest BCUT2D eigenvalue weighted by atomic mass is 9.98. The van der Waals surface area contributed by atoms with Crippen LogP contribution >= 0.6 is 11.8 Å². The van der Waals surface area contributed by atoms with Gasteiger partial charge in [0.15, 0.2) is 0 Å². The summed E-state index contributed by atoms with van der Waals surface area (Å²) in [6, 6.07) is 8.14. The molecule has 1 atom stereocenters. The fourth-order valence-corrected chi connectivity index (χ4v) is 3.14. The molecule has 1 amide bonds. The third-order valence-corrected chi connectivity index (χ3v) is 3.94. The van der Waals surface area contributed by atoms with Gasteiger partial charge in [0.2, 0.25) is 0 Å². The maximum absolute atomic E-state index is 11.7. The minimum atomic E-state index is -0.0325. The van der Waals surface area contributed by atoms with Crippen molar-refractivity contribution in [2.45, 2.75) is 4.90 Å². The molecule has 0 N–H and O–H groups in total. The first-order chi connectivity index (χ1) is 7.27. The number of fused-ring (bicyclic) bond motifs is 3. The minimum absolute atomic E-state index is 0.0325. The van der Waals surface area contributed by atoms with Crippen molar-refractivity contribution < 1.29 is 4.79 Å². The number of hydrazone groups is 1. The molecule has 4 heteroatoms. The number of hydrogen-bond donors (Lipinski definition) is 0. The summed E-state index contributed by atoms with van der Waals surface area (Å²) < 4.78 is 0. The Balaban J connectivity index is 2.15. The maximum Gasteiger partial charge on any atom is 0.252 e. The van der Waals surface area contributed by atoms with E-state index in [9.17, 15) is 4.79 Å². The summed E-state index contributed by atoms with van der Waals surface area (Å²) in [5.41, 5.74) is 2.06. The summed E-state index contributed by atoms with van der Waals surface area (Å²) in [6.07, 6.45) is 0. The number of carbonyl (C=O) groups excluding carboxylic acids is 1. The summed E-state index contributed by atoms with van der Waals surface area (Å²) in [4.78, 5) is 13.0. The molecule has 0 radical (unpaired) electrons. The predicted molar refractivity (Wildman–Crippen MR) is 60.0 cm³/mol. The lowest BCUT2D eigenvalue weighted by Gasteiger charge is -2.19. The van der Waals surface area contributed by atoms with Crippen LogP contribution in [0.3, 0.4) is 0 Å². The van der Waals surface area contributed by atoms with Crippen LogP contribution in [-0.2, 0) is 4.79 Å². The highest BCUT2D eigenvalue weighted by atomic mass is 32.2. The van der Waals surface area contributed by atoms with Gasteiger partial charge in [0.25, 0.3) is 5.91 Å². The molecular formula is C11H10N2OS. The highest BCUT2D eigenvalue weighted by Crippen LogP contribution is 2.36. The summed E-state index contributed by atoms with van der Waals surface area (Å²) in [5, 5.41) is 5.78. The van der Waals surface area contributed by atoms with Crippen molar-refractivity contribution in [3.63, 3.8) is 0 Å². The minimum Gasteiger partial charge on any atom is -0.272 e. The van der Waals surface area contributed by atoms with Crippen molar-refractivity contribution in [2.24, 2.45) is 11.0 Å². The highest BCUT2D eigenvalue weighted by molar-refractivity contribution is 7.99. The van der Waals surface area contributed by atoms with Gasteiger partial charge in [0, 0.05) is 23.3 Å². The normalized spacial score (nSPS) is 23.5. The van der Waals surface area contributed by atoms with Crippen molar-refractivity contribution in [2.75, 3.05) is 12.8 Å². The zero-order chi connectivity index (χ0) is 10.4. The lowest BCUT2D eigenvalue weighted by molar-refractivity contribution is -0.129. The molecule has 1 unspecified atom stereocenters. The molecule has 0 bridgehead atoms. The third-order valence-electron chi connectivity index (χ3n) is 2.77. The SMILES string of the molecule is CN1N=C2c3ccccc3SCC2C1=O. The smallest absolute Gasteiger partial charge is 0.252 e. The molecule has 1 aromatic rings. The molecule has 0 aliphatic carbocycles. The van der Waals surface area contributed by atoms with E-state index in [2.05, 4.69) is 11.2 Å². The van der Waals surface area contributed by atoms with Crippen molar-refractivity contribution in [3.05, 3.63) is 29.8 Å². The van der Waals surface area contributed by atoms with E-state index < -0.39 is 0 Å². The second-order valence-electron chi connectivity index (χ2n) is 3.71. The Morgan fingerprint density at radius 1 is 1.47 bits per heavy atom. The van der Waals surface area contributed by atoms with Gasteiger partial charge >= 0.3 is 0 Å². The molecule has 15 heavy (non-hydrogen) atoms. The first-order valence-electron chi connectivity index (χ1n) is 4.85. The van der Waals surface area contributed by atoms with E-state index in [-0.39, 0.29) is 11.8 Å². The summed E-state index contributed by atoms with van der Waals surface area (Å²) in [6.45, 7) is 0. The zero-order valence-electron chi connectivity index (χ0n) is 8.30. The van der Waals surface area contributed by atoms with Gasteiger partial charge in [-0.3, -0.25) is 4.79 Å². The highest BCUT2D eigenvalue weighted by Gasteiger charge is 2.38. The summed E-state index contributed by atoms with van der Waals surface area (Å²) in [5.74, 6) is 0.904. The average Bonchev–Trinajstić information content (AvgIpc) is 2.56. The fourth-order valence-electron chi connectivity index (χ4n) is 1.99. The molecule has 2 aliphatic rings. The van der Waals surface area contributed by atoms with Crippen LogP contribution in [0.2, 0.25) is 0 Å². The van der Waals surface area contributed by atoms with Crippen molar-refractivity contribution >= 4 is 23.4 Å². The first kappa shape index (κ1) is 8.97. The molecule has 76 valence electrons. The van der Waals surface area contributed by atoms with Gasteiger partial charge < -0.3 is 0 Å². The summed E-state index contributed by atoms with van der Waals surface area (Å²) >= 11 is 1.74. The van der Waals surface area contributed by atoms with E-state index in [0.717, 1.165) is 17.0 Å². The van der Waals surface area contributed by atoms with Gasteiger partial charge in [0.1, 0.15) is 0 Å². The van der Waals surface area contributed by atoms with Crippen LogP contribution < -0.4 is 0 Å². The number of benzene rings is 1. The van der Waals surface area contributed by atoms with E-state index in [1.165, 1.54) is 9.90 Å². The van der Waals surface area contributed by atoms with Crippen LogP contribution in [0.5, 0.6) is 0 Å². The van der Waals surface area contributed by atoms with Crippen LogP contribution in [0.25, 0.3) is 0 Å². The number of rotatable bonds is 0. The Morgan fingerprint density at radius 2 is 2.27 bits per heavy atom. The number of thioether (sulfide) groups is 1. The van der Waals surface area contributed by atoms with Crippen LogP contribution in [0.1, 0.15) is 5.56 Å². The van der Waals surface area contributed by atoms with E-state index in [0.29, 0.717) is 0 Å². The Kier molecular flexibility index (Phi) is 1.85. The molecule has 0 aromatic heterocycles. The fraction of sp³-hybridized carbons (Fsp3) is 0.273. The molecule has 0 spiro atoms. The van der Waals surface area contributed by atoms with Crippen molar-refractivity contribution in [1.82, 2.24) is 5.01 Å². The quantitative estimate of drug-likeness (QED) is 0.662. The number of nitrogens with zero attached hydrogens (tertiary/aromatic N) is 2. The van der Waals surface area contributed by atoms with Gasteiger partial charge in [-0.2, -0.15) is 5.10 Å². The number of amides is 1. The van der Waals surface area contributed by atoms with Crippen LogP contribution in [0, 0.1) is 5.92 Å². The van der Waals surface area contributed by atoms with Gasteiger partial charge in [0.05, 0.1) is 11.6 Å². The zero-order valence-corrected chi connectivity index (χ0v) is 9.12. The molecule has 0 saturated heterocycles. The van der Waals surface area contributed by atoms with E-state index in [1.807, 2.05) is 18.2 Å². The van der Waals surface area contributed by atoms with Crippen LogP contribution in [0.15, 0.2) is 34.3 Å². The monoisotopic (exact) mass is 218 g/mol. The number of carbonyl (C=O) groups is 1. The molecule has 1 aromatic carbocycles. The molecular weight excluding hydrogens is 208 g/mol. The second kappa shape index (κ2) is 3.10. The maximum atomic E-state index is 11.7. The average molecular weight is 218 g/mol. The van der Waals surface area contributed by atoms with Gasteiger partial charge in [-0.25, -0.2) is 5.01 Å². The Morgan fingerprint density at radius 3 is 3.13 bits per heavy atom. The van der Waals surface area contributed by atoms with Crippen molar-refractivity contribution in [1.29, 1.82) is 0 Å². The standard InChI is InChI=1S/C11H10N2OS/c1-13-11(14)8-6-15-9-5-3-2-4-7(9)10(8)12-13/h2-5,8H,6H2,1H3. The Hall–Kier alpha value is -1.29. The largest absolute Gasteiger partial charge is 0.272 e. The van der Waals surface area contributed by atoms with E-state index >= 15 is 0 Å². The molecule has 0 saturated carbocycles. The van der Waals surface area contributed by atoms with Crippen LogP contribution in [-0.4, -0.2) is 29.4 Å². The first-order valence-corrected chi connectivity index (χ1v) is 5.84. The van der Waals surface area contributed by atoms with E-state index in [4.69, 9.17) is 0 Å². The second-order valence-corrected chi connectivity index (χ2v) is 4.77. The van der Waals surface area contributed by atoms with Crippen molar-refractivity contribution in [3.8, 4) is 0 Å². The van der Waals surface area contributed by atoms with Gasteiger partial charge in [-0.05, 0) is 6.07 Å². The topological polar surface area (TPSA) is 32.7 Å². The van der Waals surface area contributed by atoms with Crippen LogP contribution in [0.4, 0.5) is 0 Å². The van der Waals surface area contributed by atoms with E-state index in [1.54, 1.807) is 18.8 Å². The predicted octanol–water partition coefficient (Wildman–Crippen LogP) is 1.58. The Bertz CT molecular complexity index is 469. The van der Waals surface area contributed by atoms with Gasteiger partial charge in [-0.1, -0.05) is 18.2 Å².